The first-order chi connectivity index (χ1) is 13.3. The number of unbranched alkanes of at least 4 members (excludes halogenated alkanes) is 1. The van der Waals surface area contributed by atoms with Crippen molar-refractivity contribution < 1.29 is 27.0 Å². The van der Waals surface area contributed by atoms with Crippen LogP contribution in [0.2, 0.25) is 0 Å². The van der Waals surface area contributed by atoms with Gasteiger partial charge in [-0.3, -0.25) is 0 Å². The van der Waals surface area contributed by atoms with E-state index in [4.69, 9.17) is 14.7 Å². The average molecular weight is 396 g/mol. The van der Waals surface area contributed by atoms with Crippen LogP contribution in [-0.4, -0.2) is 13.7 Å². The lowest BCUT2D eigenvalue weighted by Crippen LogP contribution is -2.17. The maximum atomic E-state index is 13.2. The molecule has 0 bridgehead atoms. The summed E-state index contributed by atoms with van der Waals surface area (Å²) in [7, 11) is 1.50. The molecule has 8 heteroatoms. The van der Waals surface area contributed by atoms with Crippen molar-refractivity contribution in [3.05, 3.63) is 58.9 Å². The minimum absolute atomic E-state index is 0.0320. The summed E-state index contributed by atoms with van der Waals surface area (Å²) in [6.07, 6.45) is -3.67. The number of nitrogens with one attached hydrogen (secondary N) is 1. The summed E-state index contributed by atoms with van der Waals surface area (Å²) in [5.74, 6) is 0.0977. The number of ether oxygens (including phenoxy) is 2. The molecular formula is C20H20F4N2O2. The number of benzene rings is 2. The third-order valence-corrected chi connectivity index (χ3v) is 3.94. The SMILES string of the molecule is COc1ccc(CNCc2ccc(F)cc2C(F)(F)F)cc1OCCCC#N. The fourth-order valence-corrected chi connectivity index (χ4v) is 2.59. The maximum absolute atomic E-state index is 13.2. The zero-order valence-electron chi connectivity index (χ0n) is 15.3. The molecule has 0 heterocycles. The van der Waals surface area contributed by atoms with Crippen molar-refractivity contribution in [3.8, 4) is 17.6 Å². The highest BCUT2D eigenvalue weighted by Crippen LogP contribution is 2.33. The van der Waals surface area contributed by atoms with Gasteiger partial charge in [-0.2, -0.15) is 18.4 Å². The monoisotopic (exact) mass is 396 g/mol. The van der Waals surface area contributed by atoms with E-state index >= 15 is 0 Å². The predicted octanol–water partition coefficient (Wildman–Crippen LogP) is 4.83. The van der Waals surface area contributed by atoms with E-state index in [9.17, 15) is 17.6 Å². The Balaban J connectivity index is 2.02. The standard InChI is InChI=1S/C20H20F4N2O2/c1-27-18-7-4-14(10-19(18)28-9-3-2-8-25)12-26-13-15-5-6-16(21)11-17(15)20(22,23)24/h4-7,10-11,26H,2-3,9,12-13H2,1H3. The molecule has 0 unspecified atom stereocenters. The fraction of sp³-hybridized carbons (Fsp3) is 0.350. The Labute approximate surface area is 160 Å². The Bertz CT molecular complexity index is 832. The first kappa shape index (κ1) is 21.5. The van der Waals surface area contributed by atoms with Crippen LogP contribution in [0, 0.1) is 17.1 Å². The highest BCUT2D eigenvalue weighted by molar-refractivity contribution is 5.43. The van der Waals surface area contributed by atoms with Gasteiger partial charge in [-0.15, -0.1) is 0 Å². The molecular weight excluding hydrogens is 376 g/mol. The van der Waals surface area contributed by atoms with Crippen LogP contribution in [0.15, 0.2) is 36.4 Å². The van der Waals surface area contributed by atoms with E-state index in [0.717, 1.165) is 17.7 Å². The van der Waals surface area contributed by atoms with E-state index in [1.54, 1.807) is 18.2 Å². The predicted molar refractivity (Wildman–Crippen MR) is 95.3 cm³/mol. The average Bonchev–Trinajstić information content (AvgIpc) is 2.66. The second-order valence-electron chi connectivity index (χ2n) is 6.00. The number of alkyl halides is 3. The van der Waals surface area contributed by atoms with Gasteiger partial charge in [-0.05, 0) is 41.8 Å². The van der Waals surface area contributed by atoms with Crippen molar-refractivity contribution in [1.82, 2.24) is 5.32 Å². The normalized spacial score (nSPS) is 11.1. The van der Waals surface area contributed by atoms with Crippen LogP contribution in [0.4, 0.5) is 17.6 Å². The lowest BCUT2D eigenvalue weighted by Gasteiger charge is -2.15. The molecule has 2 rings (SSSR count). The second-order valence-corrected chi connectivity index (χ2v) is 6.00. The number of nitrogens with zero attached hydrogens (tertiary/aromatic N) is 1. The number of hydrogen-bond donors (Lipinski definition) is 1. The van der Waals surface area contributed by atoms with E-state index in [0.29, 0.717) is 37.0 Å². The first-order valence-electron chi connectivity index (χ1n) is 8.58. The third kappa shape index (κ3) is 6.13. The van der Waals surface area contributed by atoms with Crippen molar-refractivity contribution in [2.24, 2.45) is 0 Å². The molecule has 28 heavy (non-hydrogen) atoms. The molecule has 2 aromatic carbocycles. The van der Waals surface area contributed by atoms with Crippen LogP contribution in [0.25, 0.3) is 0 Å². The Morgan fingerprint density at radius 3 is 2.54 bits per heavy atom. The molecule has 0 aromatic heterocycles. The second kappa shape index (κ2) is 9.95. The van der Waals surface area contributed by atoms with E-state index in [2.05, 4.69) is 5.32 Å². The third-order valence-electron chi connectivity index (χ3n) is 3.94. The molecule has 150 valence electrons. The Hall–Kier alpha value is -2.79. The van der Waals surface area contributed by atoms with Gasteiger partial charge >= 0.3 is 6.18 Å². The van der Waals surface area contributed by atoms with Crippen LogP contribution in [0.3, 0.4) is 0 Å². The molecule has 0 spiro atoms. The molecule has 0 aliphatic heterocycles. The van der Waals surface area contributed by atoms with Crippen molar-refractivity contribution in [1.29, 1.82) is 5.26 Å². The number of hydrogen-bond acceptors (Lipinski definition) is 4. The molecule has 0 saturated carbocycles. The number of halogens is 4. The lowest BCUT2D eigenvalue weighted by atomic mass is 10.1. The van der Waals surface area contributed by atoms with Gasteiger partial charge in [0.2, 0.25) is 0 Å². The summed E-state index contributed by atoms with van der Waals surface area (Å²) in [6.45, 7) is 0.568. The zero-order chi connectivity index (χ0) is 20.6. The van der Waals surface area contributed by atoms with Gasteiger partial charge in [-0.25, -0.2) is 4.39 Å². The van der Waals surface area contributed by atoms with Crippen LogP contribution in [0.5, 0.6) is 11.5 Å². The largest absolute Gasteiger partial charge is 0.493 e. The number of methoxy groups -OCH3 is 1. The maximum Gasteiger partial charge on any atom is 0.416 e. The molecule has 4 nitrogen and oxygen atoms in total. The van der Waals surface area contributed by atoms with Crippen LogP contribution >= 0.6 is 0 Å². The van der Waals surface area contributed by atoms with Crippen molar-refractivity contribution in [2.45, 2.75) is 32.1 Å². The Kier molecular flexibility index (Phi) is 7.64. The van der Waals surface area contributed by atoms with E-state index in [-0.39, 0.29) is 18.7 Å². The van der Waals surface area contributed by atoms with E-state index in [1.807, 2.05) is 6.07 Å². The molecule has 0 aliphatic carbocycles. The van der Waals surface area contributed by atoms with E-state index < -0.39 is 17.6 Å². The van der Waals surface area contributed by atoms with Gasteiger partial charge in [0, 0.05) is 19.5 Å². The smallest absolute Gasteiger partial charge is 0.416 e. The van der Waals surface area contributed by atoms with Crippen LogP contribution in [0.1, 0.15) is 29.5 Å². The van der Waals surface area contributed by atoms with Crippen LogP contribution < -0.4 is 14.8 Å². The first-order valence-corrected chi connectivity index (χ1v) is 8.58. The van der Waals surface area contributed by atoms with Gasteiger partial charge in [0.25, 0.3) is 0 Å². The molecule has 2 aromatic rings. The van der Waals surface area contributed by atoms with Crippen molar-refractivity contribution in [2.75, 3.05) is 13.7 Å². The molecule has 0 fully saturated rings. The summed E-state index contributed by atoms with van der Waals surface area (Å²) < 4.78 is 63.1. The summed E-state index contributed by atoms with van der Waals surface area (Å²) in [5, 5.41) is 11.5. The summed E-state index contributed by atoms with van der Waals surface area (Å²) >= 11 is 0. The summed E-state index contributed by atoms with van der Waals surface area (Å²) in [6, 6.07) is 9.86. The van der Waals surface area contributed by atoms with Gasteiger partial charge < -0.3 is 14.8 Å². The van der Waals surface area contributed by atoms with Crippen LogP contribution in [-0.2, 0) is 19.3 Å². The molecule has 0 atom stereocenters. The number of nitriles is 1. The number of rotatable bonds is 9. The van der Waals surface area contributed by atoms with Gasteiger partial charge in [0.05, 0.1) is 25.3 Å². The van der Waals surface area contributed by atoms with Gasteiger partial charge in [0.1, 0.15) is 5.82 Å². The molecule has 0 amide bonds. The van der Waals surface area contributed by atoms with Gasteiger partial charge in [0.15, 0.2) is 11.5 Å². The van der Waals surface area contributed by atoms with E-state index in [1.165, 1.54) is 7.11 Å². The zero-order valence-corrected chi connectivity index (χ0v) is 15.3. The summed E-state index contributed by atoms with van der Waals surface area (Å²) in [4.78, 5) is 0. The Morgan fingerprint density at radius 1 is 1.07 bits per heavy atom. The molecule has 0 aliphatic rings. The quantitative estimate of drug-likeness (QED) is 0.488. The fourth-order valence-electron chi connectivity index (χ4n) is 2.59. The molecule has 1 N–H and O–H groups in total. The Morgan fingerprint density at radius 2 is 1.86 bits per heavy atom. The van der Waals surface area contributed by atoms with Gasteiger partial charge in [-0.1, -0.05) is 12.1 Å². The minimum Gasteiger partial charge on any atom is -0.493 e. The highest BCUT2D eigenvalue weighted by atomic mass is 19.4. The van der Waals surface area contributed by atoms with Crippen molar-refractivity contribution >= 4 is 0 Å². The lowest BCUT2D eigenvalue weighted by molar-refractivity contribution is -0.138. The minimum atomic E-state index is -4.62. The van der Waals surface area contributed by atoms with Crippen molar-refractivity contribution in [3.63, 3.8) is 0 Å². The summed E-state index contributed by atoms with van der Waals surface area (Å²) in [5.41, 5.74) is -0.238. The molecule has 0 radical (unpaired) electrons. The topological polar surface area (TPSA) is 54.3 Å². The molecule has 0 saturated heterocycles. The highest BCUT2D eigenvalue weighted by Gasteiger charge is 2.33.